The van der Waals surface area contributed by atoms with Crippen molar-refractivity contribution in [2.45, 2.75) is 37.6 Å². The van der Waals surface area contributed by atoms with Crippen LogP contribution in [0.4, 0.5) is 0 Å². The van der Waals surface area contributed by atoms with Crippen molar-refractivity contribution in [2.75, 3.05) is 0 Å². The zero-order chi connectivity index (χ0) is 7.52. The minimum absolute atomic E-state index is 0.0718. The van der Waals surface area contributed by atoms with Crippen LogP contribution in [0.25, 0.3) is 0 Å². The first-order valence-corrected chi connectivity index (χ1v) is 3.71. The average molecular weight is 143 g/mol. The third-order valence-corrected chi connectivity index (χ3v) is 2.98. The predicted octanol–water partition coefficient (Wildman–Crippen LogP) is -0.912. The van der Waals surface area contributed by atoms with E-state index in [0.717, 1.165) is 0 Å². The van der Waals surface area contributed by atoms with Crippen LogP contribution >= 0.6 is 0 Å². The Morgan fingerprint density at radius 2 is 2.10 bits per heavy atom. The molecule has 58 valence electrons. The van der Waals surface area contributed by atoms with Crippen LogP contribution in [-0.2, 0) is 0 Å². The van der Waals surface area contributed by atoms with Crippen molar-refractivity contribution in [3.63, 3.8) is 0 Å². The molecule has 2 aliphatic rings. The van der Waals surface area contributed by atoms with Gasteiger partial charge in [-0.25, -0.2) is 0 Å². The molecule has 5 atom stereocenters. The molecule has 0 bridgehead atoms. The van der Waals surface area contributed by atoms with Crippen molar-refractivity contribution >= 4 is 0 Å². The minimum Gasteiger partial charge on any atom is -0.391 e. The molecule has 3 nitrogen and oxygen atoms in total. The number of nitrogens with one attached hydrogen (secondary N) is 1. The lowest BCUT2D eigenvalue weighted by molar-refractivity contribution is 0.00594. The largest absolute Gasteiger partial charge is 0.391 e. The van der Waals surface area contributed by atoms with Crippen LogP contribution in [0.15, 0.2) is 0 Å². The SMILES string of the molecule is CC1NC2C(O)C2C1(C)O. The molecule has 10 heavy (non-hydrogen) atoms. The van der Waals surface area contributed by atoms with E-state index < -0.39 is 5.60 Å². The third kappa shape index (κ3) is 0.557. The van der Waals surface area contributed by atoms with Gasteiger partial charge in [-0.2, -0.15) is 0 Å². The van der Waals surface area contributed by atoms with Crippen LogP contribution in [0.2, 0.25) is 0 Å². The van der Waals surface area contributed by atoms with Gasteiger partial charge in [-0.3, -0.25) is 0 Å². The van der Waals surface area contributed by atoms with Crippen molar-refractivity contribution in [1.29, 1.82) is 0 Å². The van der Waals surface area contributed by atoms with Crippen LogP contribution in [0.3, 0.4) is 0 Å². The molecule has 0 spiro atoms. The zero-order valence-corrected chi connectivity index (χ0v) is 6.20. The highest BCUT2D eigenvalue weighted by Gasteiger charge is 2.66. The van der Waals surface area contributed by atoms with E-state index >= 15 is 0 Å². The summed E-state index contributed by atoms with van der Waals surface area (Å²) in [5.74, 6) is 0.0718. The normalized spacial score (nSPS) is 66.0. The van der Waals surface area contributed by atoms with E-state index in [1.54, 1.807) is 6.92 Å². The lowest BCUT2D eigenvalue weighted by Gasteiger charge is -2.25. The molecule has 2 fully saturated rings. The second-order valence-corrected chi connectivity index (χ2v) is 3.66. The number of aliphatic hydroxyl groups is 2. The number of aliphatic hydroxyl groups excluding tert-OH is 1. The molecule has 5 unspecified atom stereocenters. The number of rotatable bonds is 0. The average Bonchev–Trinajstić information content (AvgIpc) is 2.34. The molecule has 3 heteroatoms. The Hall–Kier alpha value is -0.120. The van der Waals surface area contributed by atoms with E-state index in [2.05, 4.69) is 5.32 Å². The quantitative estimate of drug-likeness (QED) is 0.411. The Kier molecular flexibility index (Phi) is 1.02. The van der Waals surface area contributed by atoms with Crippen molar-refractivity contribution in [3.05, 3.63) is 0 Å². The molecule has 1 aliphatic heterocycles. The maximum Gasteiger partial charge on any atom is 0.0838 e. The molecular formula is C7H13NO2. The Balaban J connectivity index is 2.19. The van der Waals surface area contributed by atoms with Crippen molar-refractivity contribution in [3.8, 4) is 0 Å². The highest BCUT2D eigenvalue weighted by atomic mass is 16.3. The fraction of sp³-hybridized carbons (Fsp3) is 1.00. The van der Waals surface area contributed by atoms with E-state index in [4.69, 9.17) is 0 Å². The number of hydrogen-bond acceptors (Lipinski definition) is 3. The maximum absolute atomic E-state index is 9.72. The molecule has 2 rings (SSSR count). The second kappa shape index (κ2) is 1.55. The summed E-state index contributed by atoms with van der Waals surface area (Å²) in [5.41, 5.74) is -0.704. The number of piperidine rings is 1. The van der Waals surface area contributed by atoms with E-state index in [1.807, 2.05) is 6.92 Å². The highest BCUT2D eigenvalue weighted by Crippen LogP contribution is 2.47. The highest BCUT2D eigenvalue weighted by molar-refractivity contribution is 5.21. The smallest absolute Gasteiger partial charge is 0.0838 e. The van der Waals surface area contributed by atoms with Gasteiger partial charge in [0.05, 0.1) is 11.7 Å². The van der Waals surface area contributed by atoms with E-state index in [-0.39, 0.29) is 24.1 Å². The van der Waals surface area contributed by atoms with Crippen molar-refractivity contribution < 1.29 is 10.2 Å². The molecule has 0 amide bonds. The third-order valence-electron chi connectivity index (χ3n) is 2.98. The topological polar surface area (TPSA) is 52.5 Å². The standard InChI is InChI=1S/C7H13NO2/c1-3-7(2,10)4-5(8-3)6(4)9/h3-6,8-10H,1-2H3. The Bertz CT molecular complexity index is 169. The van der Waals surface area contributed by atoms with Gasteiger partial charge in [-0.05, 0) is 13.8 Å². The van der Waals surface area contributed by atoms with Gasteiger partial charge in [0.15, 0.2) is 0 Å². The molecule has 0 aromatic heterocycles. The van der Waals surface area contributed by atoms with Crippen LogP contribution in [0.5, 0.6) is 0 Å². The minimum atomic E-state index is -0.704. The molecule has 1 heterocycles. The number of hydrogen-bond donors (Lipinski definition) is 3. The summed E-state index contributed by atoms with van der Waals surface area (Å²) in [7, 11) is 0. The van der Waals surface area contributed by atoms with Gasteiger partial charge in [0.2, 0.25) is 0 Å². The maximum atomic E-state index is 9.72. The Labute approximate surface area is 60.1 Å². The van der Waals surface area contributed by atoms with Crippen LogP contribution < -0.4 is 5.32 Å². The summed E-state index contributed by atoms with van der Waals surface area (Å²) >= 11 is 0. The van der Waals surface area contributed by atoms with Crippen molar-refractivity contribution in [1.82, 2.24) is 5.32 Å². The molecular weight excluding hydrogens is 130 g/mol. The first kappa shape index (κ1) is 6.58. The molecule has 1 saturated carbocycles. The fourth-order valence-electron chi connectivity index (χ4n) is 1.95. The zero-order valence-electron chi connectivity index (χ0n) is 6.20. The van der Waals surface area contributed by atoms with Crippen molar-refractivity contribution in [2.24, 2.45) is 5.92 Å². The Morgan fingerprint density at radius 1 is 1.50 bits per heavy atom. The van der Waals surface area contributed by atoms with Gasteiger partial charge in [0.25, 0.3) is 0 Å². The van der Waals surface area contributed by atoms with E-state index in [9.17, 15) is 10.2 Å². The number of fused-ring (bicyclic) bond motifs is 1. The summed E-state index contributed by atoms with van der Waals surface area (Å²) in [6.45, 7) is 3.73. The van der Waals surface area contributed by atoms with Gasteiger partial charge in [-0.1, -0.05) is 0 Å². The van der Waals surface area contributed by atoms with Gasteiger partial charge in [-0.15, -0.1) is 0 Å². The van der Waals surface area contributed by atoms with Gasteiger partial charge in [0, 0.05) is 18.0 Å². The van der Waals surface area contributed by atoms with Gasteiger partial charge < -0.3 is 15.5 Å². The molecule has 1 aliphatic carbocycles. The van der Waals surface area contributed by atoms with E-state index in [1.165, 1.54) is 0 Å². The van der Waals surface area contributed by atoms with Crippen LogP contribution in [0, 0.1) is 5.92 Å². The van der Waals surface area contributed by atoms with Gasteiger partial charge in [0.1, 0.15) is 0 Å². The summed E-state index contributed by atoms with van der Waals surface area (Å²) in [4.78, 5) is 0. The lowest BCUT2D eigenvalue weighted by Crippen LogP contribution is -2.44. The summed E-state index contributed by atoms with van der Waals surface area (Å²) in [6, 6.07) is 0.274. The molecule has 0 radical (unpaired) electrons. The summed E-state index contributed by atoms with van der Waals surface area (Å²) < 4.78 is 0. The lowest BCUT2D eigenvalue weighted by atomic mass is 9.95. The fourth-order valence-corrected chi connectivity index (χ4v) is 1.95. The Morgan fingerprint density at radius 3 is 2.40 bits per heavy atom. The van der Waals surface area contributed by atoms with Gasteiger partial charge >= 0.3 is 0 Å². The molecule has 1 saturated heterocycles. The monoisotopic (exact) mass is 143 g/mol. The molecule has 0 aromatic carbocycles. The molecule has 3 N–H and O–H groups in total. The molecule has 0 aromatic rings. The summed E-state index contributed by atoms with van der Waals surface area (Å²) in [6.07, 6.45) is -0.314. The summed E-state index contributed by atoms with van der Waals surface area (Å²) in [5, 5.41) is 22.0. The second-order valence-electron chi connectivity index (χ2n) is 3.66. The van der Waals surface area contributed by atoms with Crippen LogP contribution in [-0.4, -0.2) is 34.0 Å². The van der Waals surface area contributed by atoms with E-state index in [0.29, 0.717) is 0 Å². The predicted molar refractivity (Wildman–Crippen MR) is 36.5 cm³/mol. The van der Waals surface area contributed by atoms with Crippen LogP contribution in [0.1, 0.15) is 13.8 Å². The first-order chi connectivity index (χ1) is 4.55. The first-order valence-electron chi connectivity index (χ1n) is 3.71.